The van der Waals surface area contributed by atoms with Gasteiger partial charge in [0.25, 0.3) is 5.91 Å². The molecule has 2 heterocycles. The highest BCUT2D eigenvalue weighted by atomic mass is 32.1. The van der Waals surface area contributed by atoms with E-state index < -0.39 is 0 Å². The van der Waals surface area contributed by atoms with Crippen LogP contribution in [-0.4, -0.2) is 22.5 Å². The standard InChI is InChI=1S/C28H25N3O2S/c1-4-33-23-14-13-20-9-5-6-11-22(20)25(23)27(32)31(17-21-10-7-8-16-29-21)28-30-26-19(3)18(2)12-15-24(26)34-28/h5-16H,4,17H2,1-3H3. The predicted molar refractivity (Wildman–Crippen MR) is 139 cm³/mol. The Hall–Kier alpha value is -3.77. The Morgan fingerprint density at radius 1 is 1.00 bits per heavy atom. The van der Waals surface area contributed by atoms with Crippen LogP contribution in [0.4, 0.5) is 5.13 Å². The van der Waals surface area contributed by atoms with Gasteiger partial charge in [-0.05, 0) is 66.9 Å². The molecular weight excluding hydrogens is 442 g/mol. The molecule has 5 aromatic rings. The molecule has 1 amide bonds. The van der Waals surface area contributed by atoms with Crippen LogP contribution in [0.3, 0.4) is 0 Å². The highest BCUT2D eigenvalue weighted by Gasteiger charge is 2.27. The van der Waals surface area contributed by atoms with E-state index in [1.807, 2.05) is 61.5 Å². The van der Waals surface area contributed by atoms with Crippen molar-refractivity contribution in [3.05, 3.63) is 95.3 Å². The molecule has 0 N–H and O–H groups in total. The number of nitrogens with zero attached hydrogens (tertiary/aromatic N) is 3. The summed E-state index contributed by atoms with van der Waals surface area (Å²) in [6.07, 6.45) is 1.74. The molecule has 0 aliphatic carbocycles. The number of hydrogen-bond donors (Lipinski definition) is 0. The first-order chi connectivity index (χ1) is 16.6. The van der Waals surface area contributed by atoms with Gasteiger partial charge in [-0.2, -0.15) is 0 Å². The van der Waals surface area contributed by atoms with Crippen LogP contribution in [0.2, 0.25) is 0 Å². The van der Waals surface area contributed by atoms with Crippen molar-refractivity contribution in [3.63, 3.8) is 0 Å². The van der Waals surface area contributed by atoms with E-state index in [0.29, 0.717) is 29.6 Å². The minimum atomic E-state index is -0.153. The zero-order valence-electron chi connectivity index (χ0n) is 19.4. The number of ether oxygens (including phenoxy) is 1. The number of anilines is 1. The topological polar surface area (TPSA) is 55.3 Å². The average molecular weight is 468 g/mol. The maximum Gasteiger partial charge on any atom is 0.264 e. The van der Waals surface area contributed by atoms with Gasteiger partial charge in [0.2, 0.25) is 0 Å². The normalized spacial score (nSPS) is 11.1. The average Bonchev–Trinajstić information content (AvgIpc) is 3.30. The van der Waals surface area contributed by atoms with Crippen molar-refractivity contribution in [2.24, 2.45) is 0 Å². The van der Waals surface area contributed by atoms with E-state index in [1.54, 1.807) is 11.1 Å². The molecule has 0 spiro atoms. The van der Waals surface area contributed by atoms with Crippen LogP contribution in [-0.2, 0) is 6.54 Å². The Bertz CT molecular complexity index is 1490. The minimum absolute atomic E-state index is 0.153. The molecule has 0 fully saturated rings. The number of benzene rings is 3. The third kappa shape index (κ3) is 4.01. The number of carbonyl (C=O) groups excluding carboxylic acids is 1. The molecule has 34 heavy (non-hydrogen) atoms. The summed E-state index contributed by atoms with van der Waals surface area (Å²) in [5.41, 5.74) is 4.58. The van der Waals surface area contributed by atoms with Gasteiger partial charge in [0.1, 0.15) is 5.75 Å². The van der Waals surface area contributed by atoms with Gasteiger partial charge in [-0.25, -0.2) is 4.98 Å². The fraction of sp³-hybridized carbons (Fsp3) is 0.179. The summed E-state index contributed by atoms with van der Waals surface area (Å²) in [5, 5.41) is 2.50. The molecule has 0 saturated carbocycles. The number of pyridine rings is 1. The van der Waals surface area contributed by atoms with Crippen molar-refractivity contribution in [1.29, 1.82) is 0 Å². The molecule has 0 atom stereocenters. The zero-order chi connectivity index (χ0) is 23.7. The Labute approximate surface area is 202 Å². The largest absolute Gasteiger partial charge is 0.493 e. The monoisotopic (exact) mass is 467 g/mol. The molecule has 2 aromatic heterocycles. The Kier molecular flexibility index (Phi) is 5.99. The number of carbonyl (C=O) groups is 1. The fourth-order valence-corrected chi connectivity index (χ4v) is 5.12. The fourth-order valence-electron chi connectivity index (χ4n) is 4.09. The van der Waals surface area contributed by atoms with Gasteiger partial charge in [-0.15, -0.1) is 0 Å². The molecular formula is C28H25N3O2S. The van der Waals surface area contributed by atoms with E-state index in [0.717, 1.165) is 32.2 Å². The minimum Gasteiger partial charge on any atom is -0.493 e. The summed E-state index contributed by atoms with van der Waals surface area (Å²) in [7, 11) is 0. The lowest BCUT2D eigenvalue weighted by atomic mass is 10.0. The van der Waals surface area contributed by atoms with Gasteiger partial charge >= 0.3 is 0 Å². The molecule has 170 valence electrons. The highest BCUT2D eigenvalue weighted by molar-refractivity contribution is 7.22. The van der Waals surface area contributed by atoms with Crippen molar-refractivity contribution < 1.29 is 9.53 Å². The van der Waals surface area contributed by atoms with Crippen LogP contribution in [0, 0.1) is 13.8 Å². The highest BCUT2D eigenvalue weighted by Crippen LogP contribution is 2.36. The van der Waals surface area contributed by atoms with E-state index in [2.05, 4.69) is 31.0 Å². The zero-order valence-corrected chi connectivity index (χ0v) is 20.2. The first-order valence-electron chi connectivity index (χ1n) is 11.3. The number of amides is 1. The summed E-state index contributed by atoms with van der Waals surface area (Å²) in [6, 6.07) is 21.7. The summed E-state index contributed by atoms with van der Waals surface area (Å²) < 4.78 is 6.97. The van der Waals surface area contributed by atoms with Gasteiger partial charge in [0, 0.05) is 6.20 Å². The first kappa shape index (κ1) is 22.0. The third-order valence-electron chi connectivity index (χ3n) is 6.00. The molecule has 0 bridgehead atoms. The van der Waals surface area contributed by atoms with E-state index in [9.17, 15) is 4.79 Å². The van der Waals surface area contributed by atoms with Crippen LogP contribution < -0.4 is 9.64 Å². The summed E-state index contributed by atoms with van der Waals surface area (Å²) in [4.78, 5) is 25.4. The van der Waals surface area contributed by atoms with Crippen molar-refractivity contribution in [1.82, 2.24) is 9.97 Å². The first-order valence-corrected chi connectivity index (χ1v) is 12.1. The lowest BCUT2D eigenvalue weighted by Crippen LogP contribution is -2.31. The molecule has 0 aliphatic heterocycles. The molecule has 0 unspecified atom stereocenters. The number of fused-ring (bicyclic) bond motifs is 2. The molecule has 6 heteroatoms. The van der Waals surface area contributed by atoms with Crippen molar-refractivity contribution >= 4 is 43.4 Å². The Morgan fingerprint density at radius 2 is 1.82 bits per heavy atom. The van der Waals surface area contributed by atoms with Gasteiger partial charge in [0.05, 0.1) is 34.6 Å². The van der Waals surface area contributed by atoms with Gasteiger partial charge in [-0.3, -0.25) is 14.7 Å². The summed E-state index contributed by atoms with van der Waals surface area (Å²) >= 11 is 1.52. The van der Waals surface area contributed by atoms with Gasteiger partial charge in [0.15, 0.2) is 5.13 Å². The van der Waals surface area contributed by atoms with Gasteiger partial charge < -0.3 is 4.74 Å². The summed E-state index contributed by atoms with van der Waals surface area (Å²) in [5.74, 6) is 0.421. The SMILES string of the molecule is CCOc1ccc2ccccc2c1C(=O)N(Cc1ccccn1)c1nc2c(C)c(C)ccc2s1. The maximum atomic E-state index is 14.3. The smallest absolute Gasteiger partial charge is 0.264 e. The number of aryl methyl sites for hydroxylation is 2. The van der Waals surface area contributed by atoms with Crippen molar-refractivity contribution in [2.75, 3.05) is 11.5 Å². The molecule has 0 aliphatic rings. The number of rotatable bonds is 6. The third-order valence-corrected chi connectivity index (χ3v) is 7.04. The lowest BCUT2D eigenvalue weighted by Gasteiger charge is -2.22. The Balaban J connectivity index is 1.69. The van der Waals surface area contributed by atoms with Crippen LogP contribution in [0.15, 0.2) is 72.9 Å². The molecule has 3 aromatic carbocycles. The lowest BCUT2D eigenvalue weighted by molar-refractivity contribution is 0.0983. The number of aromatic nitrogens is 2. The van der Waals surface area contributed by atoms with Gasteiger partial charge in [-0.1, -0.05) is 53.8 Å². The Morgan fingerprint density at radius 3 is 2.62 bits per heavy atom. The van der Waals surface area contributed by atoms with E-state index in [4.69, 9.17) is 9.72 Å². The van der Waals surface area contributed by atoms with Crippen LogP contribution in [0.5, 0.6) is 5.75 Å². The molecule has 0 radical (unpaired) electrons. The molecule has 0 saturated heterocycles. The number of thiazole rings is 1. The maximum absolute atomic E-state index is 14.3. The number of hydrogen-bond acceptors (Lipinski definition) is 5. The molecule has 5 nitrogen and oxygen atoms in total. The van der Waals surface area contributed by atoms with E-state index in [-0.39, 0.29) is 5.91 Å². The van der Waals surface area contributed by atoms with Crippen molar-refractivity contribution in [3.8, 4) is 5.75 Å². The second kappa shape index (κ2) is 9.23. The van der Waals surface area contributed by atoms with Crippen LogP contribution in [0.25, 0.3) is 21.0 Å². The quantitative estimate of drug-likeness (QED) is 0.279. The van der Waals surface area contributed by atoms with E-state index >= 15 is 0 Å². The van der Waals surface area contributed by atoms with Crippen LogP contribution in [0.1, 0.15) is 34.1 Å². The second-order valence-electron chi connectivity index (χ2n) is 8.16. The van der Waals surface area contributed by atoms with Crippen LogP contribution >= 0.6 is 11.3 Å². The predicted octanol–water partition coefficient (Wildman–Crippen LogP) is 6.71. The molecule has 5 rings (SSSR count). The summed E-state index contributed by atoms with van der Waals surface area (Å²) in [6.45, 7) is 6.86. The van der Waals surface area contributed by atoms with Crippen molar-refractivity contribution in [2.45, 2.75) is 27.3 Å². The van der Waals surface area contributed by atoms with E-state index in [1.165, 1.54) is 16.9 Å². The second-order valence-corrected chi connectivity index (χ2v) is 9.16.